The van der Waals surface area contributed by atoms with Crippen LogP contribution in [-0.4, -0.2) is 39.7 Å². The van der Waals surface area contributed by atoms with Gasteiger partial charge in [-0.3, -0.25) is 5.32 Å². The van der Waals surface area contributed by atoms with E-state index in [4.69, 9.17) is 0 Å². The Morgan fingerprint density at radius 2 is 2.31 bits per heavy atom. The maximum atomic E-state index is 11.9. The number of urea groups is 1. The molecule has 0 saturated carbocycles. The van der Waals surface area contributed by atoms with Crippen LogP contribution in [0, 0.1) is 0 Å². The quantitative estimate of drug-likeness (QED) is 0.847. The number of hydrogen-bond donors (Lipinski definition) is 2. The third-order valence-corrected chi connectivity index (χ3v) is 2.68. The molecule has 0 aliphatic rings. The molecule has 0 saturated heterocycles. The van der Waals surface area contributed by atoms with Crippen LogP contribution in [-0.2, 0) is 0 Å². The molecule has 1 aromatic rings. The molecule has 0 aromatic carbocycles. The first-order valence-electron chi connectivity index (χ1n) is 5.16. The number of anilines is 1. The summed E-state index contributed by atoms with van der Waals surface area (Å²) >= 11 is 1.37. The van der Waals surface area contributed by atoms with Crippen LogP contribution in [0.2, 0.25) is 0 Å². The van der Waals surface area contributed by atoms with Gasteiger partial charge in [0.25, 0.3) is 0 Å². The zero-order valence-electron chi connectivity index (χ0n) is 9.67. The minimum absolute atomic E-state index is 0.0366. The summed E-state index contributed by atoms with van der Waals surface area (Å²) in [6.45, 7) is 5.79. The summed E-state index contributed by atoms with van der Waals surface area (Å²) in [5, 5.41) is 14.4. The lowest BCUT2D eigenvalue weighted by molar-refractivity contribution is 0.125. The van der Waals surface area contributed by atoms with Gasteiger partial charge in [-0.05, 0) is 20.8 Å². The second kappa shape index (κ2) is 5.81. The maximum Gasteiger partial charge on any atom is 0.323 e. The molecule has 0 fully saturated rings. The number of aromatic nitrogens is 1. The fourth-order valence-electron chi connectivity index (χ4n) is 1.26. The van der Waals surface area contributed by atoms with Crippen molar-refractivity contribution in [2.45, 2.75) is 32.9 Å². The fraction of sp³-hybridized carbons (Fsp3) is 0.600. The first kappa shape index (κ1) is 12.9. The Labute approximate surface area is 99.1 Å². The van der Waals surface area contributed by atoms with E-state index in [-0.39, 0.29) is 12.1 Å². The molecule has 1 atom stereocenters. The van der Waals surface area contributed by atoms with Crippen LogP contribution >= 0.6 is 11.3 Å². The number of carbonyl (C=O) groups is 1. The predicted molar refractivity (Wildman–Crippen MR) is 64.7 cm³/mol. The van der Waals surface area contributed by atoms with Gasteiger partial charge in [0.05, 0.1) is 6.10 Å². The zero-order chi connectivity index (χ0) is 12.1. The zero-order valence-corrected chi connectivity index (χ0v) is 10.5. The minimum Gasteiger partial charge on any atom is -0.392 e. The van der Waals surface area contributed by atoms with Crippen LogP contribution < -0.4 is 5.32 Å². The van der Waals surface area contributed by atoms with Crippen LogP contribution in [0.1, 0.15) is 20.8 Å². The van der Waals surface area contributed by atoms with Gasteiger partial charge in [0.2, 0.25) is 0 Å². The van der Waals surface area contributed by atoms with Crippen molar-refractivity contribution in [2.24, 2.45) is 0 Å². The molecule has 0 spiro atoms. The van der Waals surface area contributed by atoms with Gasteiger partial charge in [0.1, 0.15) is 0 Å². The number of nitrogens with zero attached hydrogens (tertiary/aromatic N) is 2. The van der Waals surface area contributed by atoms with Crippen LogP contribution in [0.15, 0.2) is 11.6 Å². The minimum atomic E-state index is -0.538. The van der Waals surface area contributed by atoms with Crippen molar-refractivity contribution in [2.75, 3.05) is 11.9 Å². The Bertz CT molecular complexity index is 325. The Morgan fingerprint density at radius 1 is 1.62 bits per heavy atom. The van der Waals surface area contributed by atoms with Crippen molar-refractivity contribution in [1.82, 2.24) is 9.88 Å². The predicted octanol–water partition coefficient (Wildman–Crippen LogP) is 1.77. The number of aliphatic hydroxyl groups is 1. The van der Waals surface area contributed by atoms with E-state index in [0.717, 1.165) is 0 Å². The Kier molecular flexibility index (Phi) is 4.70. The van der Waals surface area contributed by atoms with Crippen LogP contribution in [0.4, 0.5) is 9.93 Å². The normalized spacial score (nSPS) is 12.6. The lowest BCUT2D eigenvalue weighted by atomic mass is 10.3. The molecule has 0 aliphatic heterocycles. The van der Waals surface area contributed by atoms with E-state index >= 15 is 0 Å². The van der Waals surface area contributed by atoms with Gasteiger partial charge in [-0.25, -0.2) is 9.78 Å². The summed E-state index contributed by atoms with van der Waals surface area (Å²) in [5.74, 6) is 0. The highest BCUT2D eigenvalue weighted by molar-refractivity contribution is 7.13. The smallest absolute Gasteiger partial charge is 0.323 e. The van der Waals surface area contributed by atoms with Crippen molar-refractivity contribution < 1.29 is 9.90 Å². The molecule has 5 nitrogen and oxygen atoms in total. The van der Waals surface area contributed by atoms with E-state index in [1.54, 1.807) is 23.4 Å². The monoisotopic (exact) mass is 243 g/mol. The van der Waals surface area contributed by atoms with Gasteiger partial charge < -0.3 is 10.0 Å². The number of amides is 2. The van der Waals surface area contributed by atoms with E-state index in [0.29, 0.717) is 11.7 Å². The van der Waals surface area contributed by atoms with Gasteiger partial charge in [0.15, 0.2) is 5.13 Å². The molecule has 6 heteroatoms. The van der Waals surface area contributed by atoms with Crippen molar-refractivity contribution >= 4 is 22.5 Å². The molecule has 0 radical (unpaired) electrons. The molecular formula is C10H17N3O2S. The fourth-order valence-corrected chi connectivity index (χ4v) is 1.78. The Morgan fingerprint density at radius 3 is 2.75 bits per heavy atom. The third-order valence-electron chi connectivity index (χ3n) is 1.99. The van der Waals surface area contributed by atoms with Gasteiger partial charge in [-0.1, -0.05) is 0 Å². The Hall–Kier alpha value is -1.14. The first-order valence-corrected chi connectivity index (χ1v) is 6.04. The van der Waals surface area contributed by atoms with E-state index < -0.39 is 6.10 Å². The number of hydrogen-bond acceptors (Lipinski definition) is 4. The van der Waals surface area contributed by atoms with Gasteiger partial charge in [-0.2, -0.15) is 0 Å². The highest BCUT2D eigenvalue weighted by Gasteiger charge is 2.19. The standard InChI is InChI=1S/C10H17N3O2S/c1-7(2)13(6-8(3)14)10(15)12-9-11-4-5-16-9/h4-5,7-8,14H,6H2,1-3H3,(H,11,12,15)/t8-/m0/s1. The number of rotatable bonds is 4. The van der Waals surface area contributed by atoms with Gasteiger partial charge >= 0.3 is 6.03 Å². The van der Waals surface area contributed by atoms with Crippen LogP contribution in [0.25, 0.3) is 0 Å². The number of thiazole rings is 1. The lowest BCUT2D eigenvalue weighted by Crippen LogP contribution is -2.43. The second-order valence-electron chi connectivity index (χ2n) is 3.86. The largest absolute Gasteiger partial charge is 0.392 e. The SMILES string of the molecule is CC(C)N(C[C@H](C)O)C(=O)Nc1nccs1. The number of carbonyl (C=O) groups excluding carboxylic acids is 1. The molecule has 2 amide bonds. The van der Waals surface area contributed by atoms with Gasteiger partial charge in [-0.15, -0.1) is 11.3 Å². The average Bonchev–Trinajstić information content (AvgIpc) is 2.65. The van der Waals surface area contributed by atoms with Crippen molar-refractivity contribution in [3.05, 3.63) is 11.6 Å². The summed E-state index contributed by atoms with van der Waals surface area (Å²) in [4.78, 5) is 17.4. The lowest BCUT2D eigenvalue weighted by Gasteiger charge is -2.27. The van der Waals surface area contributed by atoms with E-state index in [2.05, 4.69) is 10.3 Å². The molecule has 0 bridgehead atoms. The molecular weight excluding hydrogens is 226 g/mol. The topological polar surface area (TPSA) is 65.5 Å². The number of aliphatic hydroxyl groups excluding tert-OH is 1. The first-order chi connectivity index (χ1) is 7.50. The molecule has 1 aromatic heterocycles. The van der Waals surface area contributed by atoms with Crippen LogP contribution in [0.5, 0.6) is 0 Å². The Balaban J connectivity index is 2.60. The molecule has 1 rings (SSSR count). The van der Waals surface area contributed by atoms with E-state index in [1.807, 2.05) is 13.8 Å². The van der Waals surface area contributed by atoms with Crippen LogP contribution in [0.3, 0.4) is 0 Å². The average molecular weight is 243 g/mol. The van der Waals surface area contributed by atoms with E-state index in [9.17, 15) is 9.90 Å². The highest BCUT2D eigenvalue weighted by Crippen LogP contribution is 2.12. The maximum absolute atomic E-state index is 11.9. The summed E-state index contributed by atoms with van der Waals surface area (Å²) in [6.07, 6.45) is 1.10. The summed E-state index contributed by atoms with van der Waals surface area (Å²) in [5.41, 5.74) is 0. The molecule has 16 heavy (non-hydrogen) atoms. The summed E-state index contributed by atoms with van der Waals surface area (Å²) in [7, 11) is 0. The van der Waals surface area contributed by atoms with Crippen molar-refractivity contribution in [1.29, 1.82) is 0 Å². The molecule has 90 valence electrons. The summed E-state index contributed by atoms with van der Waals surface area (Å²) < 4.78 is 0. The molecule has 2 N–H and O–H groups in total. The number of nitrogens with one attached hydrogen (secondary N) is 1. The summed E-state index contributed by atoms with van der Waals surface area (Å²) in [6, 6.07) is -0.194. The van der Waals surface area contributed by atoms with Crippen molar-refractivity contribution in [3.8, 4) is 0 Å². The molecule has 1 heterocycles. The molecule has 0 unspecified atom stereocenters. The molecule has 0 aliphatic carbocycles. The second-order valence-corrected chi connectivity index (χ2v) is 4.76. The highest BCUT2D eigenvalue weighted by atomic mass is 32.1. The third kappa shape index (κ3) is 3.79. The van der Waals surface area contributed by atoms with E-state index in [1.165, 1.54) is 11.3 Å². The van der Waals surface area contributed by atoms with Crippen molar-refractivity contribution in [3.63, 3.8) is 0 Å². The van der Waals surface area contributed by atoms with Gasteiger partial charge in [0, 0.05) is 24.2 Å².